The Morgan fingerprint density at radius 3 is 1.25 bits per heavy atom. The van der Waals surface area contributed by atoms with Gasteiger partial charge in [0, 0.05) is 19.6 Å². The average molecular weight is 785 g/mol. The summed E-state index contributed by atoms with van der Waals surface area (Å²) in [6.45, 7) is 37.8. The molecular weight excluding hydrogens is 689 g/mol. The van der Waals surface area contributed by atoms with E-state index in [4.69, 9.17) is 13.6 Å². The first-order valence-corrected chi connectivity index (χ1v) is 28.4. The van der Waals surface area contributed by atoms with E-state index in [0.717, 1.165) is 45.3 Å². The van der Waals surface area contributed by atoms with Crippen LogP contribution in [-0.4, -0.2) is 71.6 Å². The number of rotatable bonds is 31. The van der Waals surface area contributed by atoms with Gasteiger partial charge in [0.25, 0.3) is 0 Å². The van der Waals surface area contributed by atoms with Crippen LogP contribution in [0.4, 0.5) is 4.79 Å². The Morgan fingerprint density at radius 2 is 0.906 bits per heavy atom. The number of nitrogens with one attached hydrogen (secondary N) is 1. The number of carbonyl (C=O) groups excluding carboxylic acids is 1. The van der Waals surface area contributed by atoms with E-state index < -0.39 is 22.2 Å². The third kappa shape index (κ3) is 27.0. The molecule has 0 aliphatic rings. The van der Waals surface area contributed by atoms with Gasteiger partial charge in [-0.3, -0.25) is 4.90 Å². The predicted molar refractivity (Wildman–Crippen MR) is 239 cm³/mol. The molecule has 1 N–H and O–H groups in total. The zero-order valence-corrected chi connectivity index (χ0v) is 40.7. The minimum absolute atomic E-state index is 0.174. The van der Waals surface area contributed by atoms with Crippen LogP contribution in [0.1, 0.15) is 205 Å². The Kier molecular flexibility index (Phi) is 27.0. The molecule has 6 nitrogen and oxygen atoms in total. The number of carbonyl (C=O) groups is 1. The van der Waals surface area contributed by atoms with Crippen molar-refractivity contribution in [2.75, 3.05) is 26.2 Å². The van der Waals surface area contributed by atoms with Gasteiger partial charge >= 0.3 is 6.09 Å². The van der Waals surface area contributed by atoms with Crippen molar-refractivity contribution in [3.63, 3.8) is 0 Å². The summed E-state index contributed by atoms with van der Waals surface area (Å²) in [5.74, 6) is 0. The topological polar surface area (TPSA) is 60.0 Å². The second kappa shape index (κ2) is 27.3. The van der Waals surface area contributed by atoms with Gasteiger partial charge < -0.3 is 18.9 Å². The lowest BCUT2D eigenvalue weighted by molar-refractivity contribution is 0.0525. The first kappa shape index (κ1) is 52.6. The Morgan fingerprint density at radius 1 is 0.547 bits per heavy atom. The fraction of sp³-hybridized carbons (Fsp3) is 0.978. The quantitative estimate of drug-likeness (QED) is 0.0560. The molecule has 0 rings (SSSR count). The lowest BCUT2D eigenvalue weighted by Gasteiger charge is -2.42. The van der Waals surface area contributed by atoms with Crippen molar-refractivity contribution in [2.24, 2.45) is 0 Å². The van der Waals surface area contributed by atoms with Crippen molar-refractivity contribution >= 4 is 22.7 Å². The van der Waals surface area contributed by atoms with Crippen molar-refractivity contribution in [1.29, 1.82) is 0 Å². The number of nitrogens with zero attached hydrogens (tertiary/aromatic N) is 1. The molecule has 0 bridgehead atoms. The zero-order chi connectivity index (χ0) is 40.6. The van der Waals surface area contributed by atoms with Crippen LogP contribution in [0.5, 0.6) is 0 Å². The number of unbranched alkanes of at least 4 members (excludes halogenated alkanes) is 15. The lowest BCUT2D eigenvalue weighted by atomic mass is 10.0. The third-order valence-electron chi connectivity index (χ3n) is 11.8. The minimum atomic E-state index is -1.96. The van der Waals surface area contributed by atoms with E-state index in [1.807, 2.05) is 20.8 Å². The molecule has 0 radical (unpaired) electrons. The second-order valence-corrected chi connectivity index (χ2v) is 29.9. The maximum atomic E-state index is 12.3. The largest absolute Gasteiger partial charge is 0.444 e. The molecule has 8 heteroatoms. The summed E-state index contributed by atoms with van der Waals surface area (Å²) in [5.41, 5.74) is -0.483. The maximum Gasteiger partial charge on any atom is 0.407 e. The van der Waals surface area contributed by atoms with Crippen LogP contribution in [0, 0.1) is 0 Å². The number of hydrogen-bond donors (Lipinski definition) is 1. The van der Waals surface area contributed by atoms with E-state index in [-0.39, 0.29) is 28.4 Å². The molecule has 0 saturated carbocycles. The molecule has 2 atom stereocenters. The highest BCUT2D eigenvalue weighted by atomic mass is 28.4. The molecule has 0 aliphatic heterocycles. The maximum absolute atomic E-state index is 12.3. The van der Waals surface area contributed by atoms with Gasteiger partial charge in [0.15, 0.2) is 16.6 Å². The molecule has 0 aliphatic carbocycles. The molecular formula is C45H96N2O4Si2. The van der Waals surface area contributed by atoms with Crippen molar-refractivity contribution in [2.45, 2.75) is 259 Å². The molecule has 53 heavy (non-hydrogen) atoms. The predicted octanol–water partition coefficient (Wildman–Crippen LogP) is 14.4. The van der Waals surface area contributed by atoms with Gasteiger partial charge in [0.05, 0.1) is 12.2 Å². The zero-order valence-electron chi connectivity index (χ0n) is 38.7. The van der Waals surface area contributed by atoms with Crippen LogP contribution in [0.3, 0.4) is 0 Å². The van der Waals surface area contributed by atoms with E-state index in [1.54, 1.807) is 0 Å². The van der Waals surface area contributed by atoms with Crippen LogP contribution in [0.25, 0.3) is 0 Å². The molecule has 0 aromatic heterocycles. The summed E-state index contributed by atoms with van der Waals surface area (Å²) in [4.78, 5) is 15.0. The Labute approximate surface area is 335 Å². The summed E-state index contributed by atoms with van der Waals surface area (Å²) < 4.78 is 20.0. The molecule has 1 amide bonds. The van der Waals surface area contributed by atoms with Crippen molar-refractivity contribution in [1.82, 2.24) is 10.2 Å². The van der Waals surface area contributed by atoms with Crippen molar-refractivity contribution < 1.29 is 18.4 Å². The highest BCUT2D eigenvalue weighted by Crippen LogP contribution is 2.39. The molecule has 0 aromatic rings. The van der Waals surface area contributed by atoms with Crippen LogP contribution in [0.15, 0.2) is 0 Å². The number of ether oxygens (including phenoxy) is 1. The lowest BCUT2D eigenvalue weighted by Crippen LogP contribution is -2.50. The first-order chi connectivity index (χ1) is 24.5. The van der Waals surface area contributed by atoms with Gasteiger partial charge in [-0.1, -0.05) is 158 Å². The van der Waals surface area contributed by atoms with Crippen LogP contribution in [-0.2, 0) is 13.6 Å². The fourth-order valence-corrected chi connectivity index (χ4v) is 9.13. The Balaban J connectivity index is 6.00. The van der Waals surface area contributed by atoms with E-state index in [9.17, 15) is 4.79 Å². The third-order valence-corrected chi connectivity index (χ3v) is 20.9. The molecule has 2 unspecified atom stereocenters. The van der Waals surface area contributed by atoms with E-state index >= 15 is 0 Å². The van der Waals surface area contributed by atoms with E-state index in [2.05, 4.69) is 91.8 Å². The summed E-state index contributed by atoms with van der Waals surface area (Å²) in [5, 5.41) is 3.33. The molecule has 0 fully saturated rings. The number of alkyl carbamates (subject to hydrolysis) is 1. The van der Waals surface area contributed by atoms with Crippen molar-refractivity contribution in [3.8, 4) is 0 Å². The average Bonchev–Trinajstić information content (AvgIpc) is 3.00. The Bertz CT molecular complexity index is 854. The van der Waals surface area contributed by atoms with Gasteiger partial charge in [-0.25, -0.2) is 4.79 Å². The number of hydrogen-bond acceptors (Lipinski definition) is 5. The summed E-state index contributed by atoms with van der Waals surface area (Å²) in [6, 6.07) is 0. The van der Waals surface area contributed by atoms with Gasteiger partial charge in [-0.2, -0.15) is 0 Å². The number of amides is 1. The van der Waals surface area contributed by atoms with Gasteiger partial charge in [-0.15, -0.1) is 0 Å². The first-order valence-electron chi connectivity index (χ1n) is 22.6. The summed E-state index contributed by atoms with van der Waals surface area (Å²) >= 11 is 0. The van der Waals surface area contributed by atoms with Crippen LogP contribution in [0.2, 0.25) is 36.3 Å². The molecule has 318 valence electrons. The van der Waals surface area contributed by atoms with Crippen molar-refractivity contribution in [3.05, 3.63) is 0 Å². The monoisotopic (exact) mass is 785 g/mol. The van der Waals surface area contributed by atoms with Gasteiger partial charge in [-0.05, 0) is 89.3 Å². The van der Waals surface area contributed by atoms with Gasteiger partial charge in [0.1, 0.15) is 5.60 Å². The summed E-state index contributed by atoms with van der Waals surface area (Å²) in [7, 11) is -3.92. The SMILES string of the molecule is CCCCCCCCCCC(CN(CCCCNC(=O)OC(C)(C)C)CC(CCCCCCCCCC)O[Si](C)(C)C(C)(C)C)O[Si](C)(C)C(C)(C)C. The Hall–Kier alpha value is -0.416. The molecule has 0 saturated heterocycles. The smallest absolute Gasteiger partial charge is 0.407 e. The van der Waals surface area contributed by atoms with Crippen LogP contribution < -0.4 is 5.32 Å². The van der Waals surface area contributed by atoms with E-state index in [1.165, 1.54) is 103 Å². The highest BCUT2D eigenvalue weighted by Gasteiger charge is 2.41. The normalized spacial score (nSPS) is 14.5. The molecule has 0 heterocycles. The van der Waals surface area contributed by atoms with Crippen LogP contribution >= 0.6 is 0 Å². The fourth-order valence-electron chi connectivity index (χ4n) is 6.37. The minimum Gasteiger partial charge on any atom is -0.444 e. The van der Waals surface area contributed by atoms with E-state index in [0.29, 0.717) is 6.54 Å². The van der Waals surface area contributed by atoms with Gasteiger partial charge in [0.2, 0.25) is 0 Å². The molecule has 0 aromatic carbocycles. The molecule has 0 spiro atoms. The summed E-state index contributed by atoms with van der Waals surface area (Å²) in [6.07, 6.45) is 25.7. The highest BCUT2D eigenvalue weighted by molar-refractivity contribution is 6.74. The second-order valence-electron chi connectivity index (χ2n) is 20.4. The standard InChI is InChI=1S/C45H96N2O4Si2/c1-16-18-20-22-24-26-28-30-34-40(50-52(12,13)44(6,7)8)38-47(37-33-32-36-46-42(48)49-43(3,4)5)39-41(51-53(14,15)45(9,10)11)35-31-29-27-25-23-21-19-17-2/h40-41H,16-39H2,1-15H3,(H,46,48).